The van der Waals surface area contributed by atoms with Crippen LogP contribution in [0.3, 0.4) is 0 Å². The van der Waals surface area contributed by atoms with Crippen LogP contribution in [-0.4, -0.2) is 22.8 Å². The first-order valence-corrected chi connectivity index (χ1v) is 7.21. The van der Waals surface area contributed by atoms with Crippen LogP contribution in [0.4, 0.5) is 0 Å². The number of esters is 1. The third-order valence-electron chi connectivity index (χ3n) is 3.42. The van der Waals surface area contributed by atoms with Gasteiger partial charge in [-0.3, -0.25) is 4.79 Å². The molecule has 0 saturated heterocycles. The van der Waals surface area contributed by atoms with E-state index < -0.39 is 12.1 Å². The SMILES string of the molecule is Cc1ccc(C(=O)C(C)OC(=O)c2cccnc2Cl)cc1C. The fourth-order valence-corrected chi connectivity index (χ4v) is 2.14. The van der Waals surface area contributed by atoms with Gasteiger partial charge in [0.05, 0.1) is 5.56 Å². The van der Waals surface area contributed by atoms with E-state index in [1.165, 1.54) is 12.3 Å². The fraction of sp³-hybridized carbons (Fsp3) is 0.235. The van der Waals surface area contributed by atoms with Gasteiger partial charge in [0.2, 0.25) is 5.78 Å². The highest BCUT2D eigenvalue weighted by molar-refractivity contribution is 6.32. The number of halogens is 1. The Labute approximate surface area is 134 Å². The summed E-state index contributed by atoms with van der Waals surface area (Å²) >= 11 is 5.84. The molecule has 114 valence electrons. The Hall–Kier alpha value is -2.20. The van der Waals surface area contributed by atoms with E-state index in [4.69, 9.17) is 16.3 Å². The van der Waals surface area contributed by atoms with Crippen molar-refractivity contribution >= 4 is 23.4 Å². The number of carbonyl (C=O) groups is 2. The first-order valence-electron chi connectivity index (χ1n) is 6.83. The molecule has 1 atom stereocenters. The molecule has 0 spiro atoms. The van der Waals surface area contributed by atoms with E-state index in [0.717, 1.165) is 11.1 Å². The summed E-state index contributed by atoms with van der Waals surface area (Å²) in [7, 11) is 0. The highest BCUT2D eigenvalue weighted by Crippen LogP contribution is 2.16. The number of ether oxygens (including phenoxy) is 1. The zero-order valence-corrected chi connectivity index (χ0v) is 13.3. The van der Waals surface area contributed by atoms with Crippen molar-refractivity contribution in [3.63, 3.8) is 0 Å². The molecule has 1 unspecified atom stereocenters. The Morgan fingerprint density at radius 2 is 1.91 bits per heavy atom. The molecule has 0 amide bonds. The van der Waals surface area contributed by atoms with Crippen molar-refractivity contribution in [1.82, 2.24) is 4.98 Å². The first-order chi connectivity index (χ1) is 10.4. The predicted molar refractivity (Wildman–Crippen MR) is 84.4 cm³/mol. The monoisotopic (exact) mass is 317 g/mol. The lowest BCUT2D eigenvalue weighted by Gasteiger charge is -2.13. The maximum absolute atomic E-state index is 12.3. The number of hydrogen-bond acceptors (Lipinski definition) is 4. The molecule has 0 fully saturated rings. The van der Waals surface area contributed by atoms with Gasteiger partial charge in [-0.2, -0.15) is 0 Å². The van der Waals surface area contributed by atoms with Crippen molar-refractivity contribution in [2.24, 2.45) is 0 Å². The number of hydrogen-bond donors (Lipinski definition) is 0. The molecule has 0 aliphatic carbocycles. The van der Waals surface area contributed by atoms with Gasteiger partial charge in [-0.25, -0.2) is 9.78 Å². The van der Waals surface area contributed by atoms with E-state index >= 15 is 0 Å². The number of aromatic nitrogens is 1. The molecule has 1 aromatic carbocycles. The lowest BCUT2D eigenvalue weighted by molar-refractivity contribution is 0.0318. The Morgan fingerprint density at radius 1 is 1.18 bits per heavy atom. The topological polar surface area (TPSA) is 56.3 Å². The van der Waals surface area contributed by atoms with Crippen LogP contribution < -0.4 is 0 Å². The largest absolute Gasteiger partial charge is 0.451 e. The second-order valence-corrected chi connectivity index (χ2v) is 5.41. The maximum Gasteiger partial charge on any atom is 0.341 e. The molecule has 4 nitrogen and oxygen atoms in total. The van der Waals surface area contributed by atoms with Gasteiger partial charge in [0.1, 0.15) is 5.15 Å². The minimum atomic E-state index is -0.897. The van der Waals surface area contributed by atoms with Gasteiger partial charge >= 0.3 is 5.97 Å². The van der Waals surface area contributed by atoms with Gasteiger partial charge in [0.15, 0.2) is 6.10 Å². The van der Waals surface area contributed by atoms with Crippen LogP contribution in [0.25, 0.3) is 0 Å². The predicted octanol–water partition coefficient (Wildman–Crippen LogP) is 3.78. The summed E-state index contributed by atoms with van der Waals surface area (Å²) in [6, 6.07) is 8.48. The fourth-order valence-electron chi connectivity index (χ4n) is 1.95. The van der Waals surface area contributed by atoms with Crippen LogP contribution in [0, 0.1) is 13.8 Å². The third kappa shape index (κ3) is 3.52. The Bertz CT molecular complexity index is 728. The summed E-state index contributed by atoms with van der Waals surface area (Å²) in [6.45, 7) is 5.44. The van der Waals surface area contributed by atoms with E-state index in [1.807, 2.05) is 19.9 Å². The summed E-state index contributed by atoms with van der Waals surface area (Å²) in [6.07, 6.45) is 0.578. The van der Waals surface area contributed by atoms with Crippen molar-refractivity contribution in [2.45, 2.75) is 26.9 Å². The molecular weight excluding hydrogens is 302 g/mol. The molecule has 1 heterocycles. The van der Waals surface area contributed by atoms with Crippen LogP contribution in [0.1, 0.15) is 38.8 Å². The van der Waals surface area contributed by atoms with E-state index in [-0.39, 0.29) is 16.5 Å². The van der Waals surface area contributed by atoms with Gasteiger partial charge in [0.25, 0.3) is 0 Å². The molecule has 0 aliphatic rings. The normalized spacial score (nSPS) is 11.8. The van der Waals surface area contributed by atoms with Crippen LogP contribution in [0.5, 0.6) is 0 Å². The van der Waals surface area contributed by atoms with Gasteiger partial charge < -0.3 is 4.74 Å². The lowest BCUT2D eigenvalue weighted by atomic mass is 10.0. The van der Waals surface area contributed by atoms with E-state index in [9.17, 15) is 9.59 Å². The average molecular weight is 318 g/mol. The molecule has 0 aliphatic heterocycles. The Kier molecular flexibility index (Phi) is 4.93. The van der Waals surface area contributed by atoms with E-state index in [1.54, 1.807) is 25.1 Å². The Balaban J connectivity index is 2.13. The molecule has 5 heteroatoms. The highest BCUT2D eigenvalue weighted by Gasteiger charge is 2.22. The minimum Gasteiger partial charge on any atom is -0.451 e. The van der Waals surface area contributed by atoms with Gasteiger partial charge in [-0.15, -0.1) is 0 Å². The minimum absolute atomic E-state index is 0.0540. The maximum atomic E-state index is 12.3. The summed E-state index contributed by atoms with van der Waals surface area (Å²) in [5.74, 6) is -0.917. The average Bonchev–Trinajstić information content (AvgIpc) is 2.49. The van der Waals surface area contributed by atoms with Gasteiger partial charge in [0, 0.05) is 11.8 Å². The molecule has 2 rings (SSSR count). The second-order valence-electron chi connectivity index (χ2n) is 5.05. The smallest absolute Gasteiger partial charge is 0.341 e. The number of nitrogens with zero attached hydrogens (tertiary/aromatic N) is 1. The quantitative estimate of drug-likeness (QED) is 0.489. The van der Waals surface area contributed by atoms with E-state index in [0.29, 0.717) is 5.56 Å². The van der Waals surface area contributed by atoms with Gasteiger partial charge in [-0.05, 0) is 50.1 Å². The van der Waals surface area contributed by atoms with Crippen molar-refractivity contribution < 1.29 is 14.3 Å². The molecule has 0 radical (unpaired) electrons. The summed E-state index contributed by atoms with van der Waals surface area (Å²) < 4.78 is 5.19. The first kappa shape index (κ1) is 16.2. The molecule has 0 bridgehead atoms. The van der Waals surface area contributed by atoms with Crippen LogP contribution in [0.2, 0.25) is 5.15 Å². The molecule has 2 aromatic rings. The van der Waals surface area contributed by atoms with Crippen molar-refractivity contribution in [1.29, 1.82) is 0 Å². The number of rotatable bonds is 4. The highest BCUT2D eigenvalue weighted by atomic mass is 35.5. The Morgan fingerprint density at radius 3 is 2.55 bits per heavy atom. The lowest BCUT2D eigenvalue weighted by Crippen LogP contribution is -2.24. The molecule has 0 N–H and O–H groups in total. The standard InChI is InChI=1S/C17H16ClNO3/c1-10-6-7-13(9-11(10)2)15(20)12(3)22-17(21)14-5-4-8-19-16(14)18/h4-9,12H,1-3H3. The number of Topliss-reactive ketones (excluding diaryl/α,β-unsaturated/α-hetero) is 1. The third-order valence-corrected chi connectivity index (χ3v) is 3.72. The summed E-state index contributed by atoms with van der Waals surface area (Å²) in [5, 5.41) is 0.0540. The number of aryl methyl sites for hydroxylation is 2. The number of benzene rings is 1. The van der Waals surface area contributed by atoms with Crippen LogP contribution in [-0.2, 0) is 4.74 Å². The molecule has 0 saturated carbocycles. The zero-order valence-electron chi connectivity index (χ0n) is 12.6. The number of carbonyl (C=O) groups excluding carboxylic acids is 2. The van der Waals surface area contributed by atoms with Crippen molar-refractivity contribution in [2.75, 3.05) is 0 Å². The molecular formula is C17H16ClNO3. The van der Waals surface area contributed by atoms with E-state index in [2.05, 4.69) is 4.98 Å². The molecule has 22 heavy (non-hydrogen) atoms. The summed E-state index contributed by atoms with van der Waals surface area (Å²) in [4.78, 5) is 28.2. The second kappa shape index (κ2) is 6.71. The van der Waals surface area contributed by atoms with Crippen molar-refractivity contribution in [3.8, 4) is 0 Å². The van der Waals surface area contributed by atoms with Crippen LogP contribution >= 0.6 is 11.6 Å². The summed E-state index contributed by atoms with van der Waals surface area (Å²) in [5.41, 5.74) is 2.77. The van der Waals surface area contributed by atoms with Gasteiger partial charge in [-0.1, -0.05) is 23.7 Å². The number of ketones is 1. The molecule has 1 aromatic heterocycles. The van der Waals surface area contributed by atoms with Crippen LogP contribution in [0.15, 0.2) is 36.5 Å². The zero-order chi connectivity index (χ0) is 16.3. The number of pyridine rings is 1. The van der Waals surface area contributed by atoms with Crippen molar-refractivity contribution in [3.05, 3.63) is 63.9 Å².